The van der Waals surface area contributed by atoms with Crippen LogP contribution in [0.2, 0.25) is 0 Å². The van der Waals surface area contributed by atoms with Crippen molar-refractivity contribution in [2.45, 2.75) is 11.5 Å². The van der Waals surface area contributed by atoms with Crippen molar-refractivity contribution in [1.82, 2.24) is 4.98 Å². The number of aromatic nitrogens is 1. The van der Waals surface area contributed by atoms with Crippen molar-refractivity contribution in [2.24, 2.45) is 0 Å². The van der Waals surface area contributed by atoms with Gasteiger partial charge in [0.2, 0.25) is 0 Å². The minimum Gasteiger partial charge on any atom is -0.504 e. The number of rotatable bonds is 2. The van der Waals surface area contributed by atoms with Gasteiger partial charge in [-0.05, 0) is 0 Å². The second-order valence-electron chi connectivity index (χ2n) is 2.52. The molecule has 5 nitrogen and oxygen atoms in total. The molecular weight excluding hydrogens is 254 g/mol. The lowest BCUT2D eigenvalue weighted by atomic mass is 10.3. The van der Waals surface area contributed by atoms with E-state index in [9.17, 15) is 17.2 Å². The van der Waals surface area contributed by atoms with E-state index in [1.807, 2.05) is 0 Å². The number of nitrogen functional groups attached to an aromatic ring is 1. The van der Waals surface area contributed by atoms with E-state index in [4.69, 9.17) is 21.5 Å². The van der Waals surface area contributed by atoms with E-state index in [1.165, 1.54) is 0 Å². The predicted octanol–water partition coefficient (Wildman–Crippen LogP) is 1.23. The van der Waals surface area contributed by atoms with Gasteiger partial charge in [-0.2, -0.15) is 0 Å². The highest BCUT2D eigenvalue weighted by molar-refractivity contribution is 8.13. The zero-order valence-corrected chi connectivity index (χ0v) is 8.56. The monoisotopic (exact) mass is 258 g/mol. The average molecular weight is 259 g/mol. The molecule has 1 heterocycles. The molecule has 0 radical (unpaired) electrons. The van der Waals surface area contributed by atoms with E-state index in [0.717, 1.165) is 0 Å². The van der Waals surface area contributed by atoms with Gasteiger partial charge in [-0.25, -0.2) is 22.2 Å². The van der Waals surface area contributed by atoms with Crippen LogP contribution in [0.5, 0.6) is 5.75 Å². The molecule has 9 heteroatoms. The molecule has 0 amide bonds. The van der Waals surface area contributed by atoms with E-state index in [-0.39, 0.29) is 0 Å². The molecule has 1 aromatic heterocycles. The minimum absolute atomic E-state index is 0.528. The van der Waals surface area contributed by atoms with Gasteiger partial charge in [0.15, 0.2) is 16.5 Å². The average Bonchev–Trinajstić information content (AvgIpc) is 2.06. The highest BCUT2D eigenvalue weighted by atomic mass is 35.7. The summed E-state index contributed by atoms with van der Waals surface area (Å²) in [6.45, 7) is 0. The maximum atomic E-state index is 12.3. The molecule has 0 saturated heterocycles. The van der Waals surface area contributed by atoms with Crippen LogP contribution in [0.15, 0.2) is 11.1 Å². The molecule has 0 aliphatic rings. The summed E-state index contributed by atoms with van der Waals surface area (Å²) in [5.74, 6) is -0.950. The van der Waals surface area contributed by atoms with Crippen molar-refractivity contribution in [1.29, 1.82) is 0 Å². The Balaban J connectivity index is 3.50. The smallest absolute Gasteiger partial charge is 0.284 e. The summed E-state index contributed by atoms with van der Waals surface area (Å²) in [7, 11) is 0.626. The second kappa shape index (κ2) is 3.78. The van der Waals surface area contributed by atoms with E-state index in [1.54, 1.807) is 0 Å². The molecule has 0 bridgehead atoms. The van der Waals surface area contributed by atoms with Gasteiger partial charge in [0.05, 0.1) is 5.69 Å². The molecular formula is C6H5ClF2N2O3S. The van der Waals surface area contributed by atoms with Crippen LogP contribution in [-0.4, -0.2) is 18.5 Å². The van der Waals surface area contributed by atoms with Crippen LogP contribution in [0.25, 0.3) is 0 Å². The van der Waals surface area contributed by atoms with Crippen molar-refractivity contribution in [3.8, 4) is 5.75 Å². The van der Waals surface area contributed by atoms with Crippen LogP contribution in [0.4, 0.5) is 14.5 Å². The molecule has 0 saturated carbocycles. The number of anilines is 1. The Morgan fingerprint density at radius 3 is 2.47 bits per heavy atom. The highest BCUT2D eigenvalue weighted by Gasteiger charge is 2.22. The molecule has 0 aromatic carbocycles. The van der Waals surface area contributed by atoms with Crippen molar-refractivity contribution in [3.05, 3.63) is 11.8 Å². The van der Waals surface area contributed by atoms with Gasteiger partial charge < -0.3 is 10.8 Å². The van der Waals surface area contributed by atoms with Gasteiger partial charge in [-0.15, -0.1) is 0 Å². The number of pyridine rings is 1. The summed E-state index contributed by atoms with van der Waals surface area (Å²) >= 11 is 0. The molecule has 1 aromatic rings. The fraction of sp³-hybridized carbons (Fsp3) is 0.167. The maximum Gasteiger partial charge on any atom is 0.284 e. The summed E-state index contributed by atoms with van der Waals surface area (Å²) < 4.78 is 46.1. The van der Waals surface area contributed by atoms with Crippen LogP contribution in [0.3, 0.4) is 0 Å². The lowest BCUT2D eigenvalue weighted by Crippen LogP contribution is -2.03. The third kappa shape index (κ3) is 2.45. The van der Waals surface area contributed by atoms with Gasteiger partial charge in [0, 0.05) is 16.7 Å². The minimum atomic E-state index is -4.26. The quantitative estimate of drug-likeness (QED) is 0.779. The summed E-state index contributed by atoms with van der Waals surface area (Å²) in [5.41, 5.74) is 3.46. The molecule has 84 valence electrons. The predicted molar refractivity (Wildman–Crippen MR) is 48.3 cm³/mol. The largest absolute Gasteiger partial charge is 0.504 e. The molecule has 1 rings (SSSR count). The Morgan fingerprint density at radius 1 is 1.53 bits per heavy atom. The van der Waals surface area contributed by atoms with E-state index >= 15 is 0 Å². The Hall–Kier alpha value is -1.15. The first-order chi connectivity index (χ1) is 6.73. The highest BCUT2D eigenvalue weighted by Crippen LogP contribution is 2.33. The third-order valence-corrected chi connectivity index (χ3v) is 2.67. The fourth-order valence-corrected chi connectivity index (χ4v) is 1.54. The van der Waals surface area contributed by atoms with Gasteiger partial charge in [0.25, 0.3) is 15.5 Å². The first-order valence-electron chi connectivity index (χ1n) is 3.45. The van der Waals surface area contributed by atoms with Gasteiger partial charge in [-0.3, -0.25) is 0 Å². The lowest BCUT2D eigenvalue weighted by molar-refractivity contribution is 0.141. The number of alkyl halides is 2. The maximum absolute atomic E-state index is 12.3. The molecule has 0 fully saturated rings. The van der Waals surface area contributed by atoms with E-state index < -0.39 is 37.6 Å². The summed E-state index contributed by atoms with van der Waals surface area (Å²) in [6, 6.07) is 0.698. The summed E-state index contributed by atoms with van der Waals surface area (Å²) in [6.07, 6.45) is -3.15. The van der Waals surface area contributed by atoms with Crippen molar-refractivity contribution in [2.75, 3.05) is 5.73 Å². The van der Waals surface area contributed by atoms with E-state index in [2.05, 4.69) is 4.98 Å². The first kappa shape index (κ1) is 11.9. The normalized spacial score (nSPS) is 12.0. The Bertz CT molecular complexity index is 491. The van der Waals surface area contributed by atoms with Gasteiger partial charge >= 0.3 is 0 Å². The molecule has 0 aliphatic heterocycles. The standard InChI is InChI=1S/C6H5ClF2N2O3S/c7-15(13,14)3-1-2(10)5(12)4(11-3)6(8)9/h1,6,12H,(H2,10,11). The van der Waals surface area contributed by atoms with Crippen LogP contribution in [0.1, 0.15) is 12.1 Å². The number of nitrogens with zero attached hydrogens (tertiary/aromatic N) is 1. The first-order valence-corrected chi connectivity index (χ1v) is 5.76. The van der Waals surface area contributed by atoms with Crippen LogP contribution >= 0.6 is 10.7 Å². The number of aromatic hydroxyl groups is 1. The fourth-order valence-electron chi connectivity index (χ4n) is 0.830. The molecule has 0 aliphatic carbocycles. The Morgan fingerprint density at radius 2 is 2.07 bits per heavy atom. The van der Waals surface area contributed by atoms with Gasteiger partial charge in [0.1, 0.15) is 0 Å². The van der Waals surface area contributed by atoms with Crippen LogP contribution in [-0.2, 0) is 9.05 Å². The van der Waals surface area contributed by atoms with E-state index in [0.29, 0.717) is 6.07 Å². The van der Waals surface area contributed by atoms with Crippen molar-refractivity contribution in [3.63, 3.8) is 0 Å². The van der Waals surface area contributed by atoms with Gasteiger partial charge in [-0.1, -0.05) is 0 Å². The lowest BCUT2D eigenvalue weighted by Gasteiger charge is -2.06. The SMILES string of the molecule is Nc1cc(S(=O)(=O)Cl)nc(C(F)F)c1O. The number of hydrogen-bond donors (Lipinski definition) is 2. The van der Waals surface area contributed by atoms with Crippen LogP contribution < -0.4 is 5.73 Å². The molecule has 15 heavy (non-hydrogen) atoms. The Kier molecular flexibility index (Phi) is 3.00. The molecule has 0 spiro atoms. The zero-order chi connectivity index (χ0) is 11.8. The second-order valence-corrected chi connectivity index (χ2v) is 5.03. The number of hydrogen-bond acceptors (Lipinski definition) is 5. The Labute approximate surface area is 87.9 Å². The van der Waals surface area contributed by atoms with Crippen LogP contribution in [0, 0.1) is 0 Å². The molecule has 0 atom stereocenters. The summed E-state index contributed by atoms with van der Waals surface area (Å²) in [5, 5.41) is 8.23. The number of nitrogens with two attached hydrogens (primary N) is 1. The number of halogens is 3. The topological polar surface area (TPSA) is 93.3 Å². The zero-order valence-electron chi connectivity index (χ0n) is 6.99. The van der Waals surface area contributed by atoms with Crippen molar-refractivity contribution < 1.29 is 22.3 Å². The summed E-state index contributed by atoms with van der Waals surface area (Å²) in [4.78, 5) is 3.00. The molecule has 0 unspecified atom stereocenters. The van der Waals surface area contributed by atoms with Crippen molar-refractivity contribution >= 4 is 25.4 Å². The molecule has 3 N–H and O–H groups in total. The third-order valence-electron chi connectivity index (χ3n) is 1.48.